The Morgan fingerprint density at radius 3 is 1.57 bits per heavy atom. The van der Waals surface area contributed by atoms with Gasteiger partial charge in [-0.05, 0) is 52.5 Å². The molecular weight excluding hydrogens is 619 g/mol. The third-order valence-corrected chi connectivity index (χ3v) is 7.70. The second-order valence-corrected chi connectivity index (χ2v) is 11.3. The van der Waals surface area contributed by atoms with Gasteiger partial charge in [0.05, 0.1) is 31.4 Å². The molecule has 47 heavy (non-hydrogen) atoms. The van der Waals surface area contributed by atoms with E-state index >= 15 is 0 Å². The Kier molecular flexibility index (Phi) is 10.2. The highest BCUT2D eigenvalue weighted by molar-refractivity contribution is 6.17. The molecule has 0 saturated carbocycles. The van der Waals surface area contributed by atoms with Crippen LogP contribution < -0.4 is 9.47 Å². The van der Waals surface area contributed by atoms with Crippen LogP contribution in [0.5, 0.6) is 11.5 Å². The molecule has 0 aliphatic heterocycles. The fraction of sp³-hybridized carbons (Fsp3) is 0.400. The third-order valence-electron chi connectivity index (χ3n) is 7.70. The summed E-state index contributed by atoms with van der Waals surface area (Å²) >= 11 is 0. The van der Waals surface area contributed by atoms with Gasteiger partial charge >= 0.3 is 11.9 Å². The van der Waals surface area contributed by atoms with Crippen molar-refractivity contribution in [1.29, 1.82) is 0 Å². The summed E-state index contributed by atoms with van der Waals surface area (Å²) in [7, 11) is 11.0. The Morgan fingerprint density at radius 1 is 0.702 bits per heavy atom. The van der Waals surface area contributed by atoms with Crippen molar-refractivity contribution in [3.63, 3.8) is 0 Å². The first-order valence-electron chi connectivity index (χ1n) is 14.2. The molecule has 2 aromatic heterocycles. The molecule has 1 atom stereocenters. The zero-order chi connectivity index (χ0) is 34.9. The Balaban J connectivity index is 1.35. The number of aromatic amines is 2. The maximum atomic E-state index is 12.6. The lowest BCUT2D eigenvalue weighted by molar-refractivity contribution is -0.413. The first kappa shape index (κ1) is 36.0. The number of rotatable bonds is 14. The second-order valence-electron chi connectivity index (χ2n) is 11.3. The first-order chi connectivity index (χ1) is 21.8. The molecule has 4 aromatic rings. The van der Waals surface area contributed by atoms with Gasteiger partial charge in [-0.1, -0.05) is 12.1 Å². The van der Waals surface area contributed by atoms with Gasteiger partial charge in [-0.2, -0.15) is 0 Å². The maximum Gasteiger partial charge on any atom is 0.313 e. The summed E-state index contributed by atoms with van der Waals surface area (Å²) in [6.07, 6.45) is 1.93. The minimum absolute atomic E-state index is 0.0101. The summed E-state index contributed by atoms with van der Waals surface area (Å²) in [6.45, 7) is -0.297. The molecule has 252 valence electrons. The molecule has 1 unspecified atom stereocenters. The van der Waals surface area contributed by atoms with Crippen molar-refractivity contribution in [2.75, 3.05) is 41.4 Å². The molecular formula is C30H37BN4O12. The Morgan fingerprint density at radius 2 is 1.13 bits per heavy atom. The first-order valence-corrected chi connectivity index (χ1v) is 14.2. The number of hydrogen-bond donors (Lipinski definition) is 9. The minimum Gasteiger partial charge on any atom is -0.426 e. The van der Waals surface area contributed by atoms with E-state index in [0.29, 0.717) is 11.0 Å². The minimum atomic E-state index is -3.19. The molecule has 0 saturated heterocycles. The summed E-state index contributed by atoms with van der Waals surface area (Å²) in [5.41, 5.74) is -2.47. The zero-order valence-corrected chi connectivity index (χ0v) is 26.1. The summed E-state index contributed by atoms with van der Waals surface area (Å²) < 4.78 is 16.3. The predicted molar refractivity (Wildman–Crippen MR) is 165 cm³/mol. The predicted octanol–water partition coefficient (Wildman–Crippen LogP) is -1.19. The van der Waals surface area contributed by atoms with Gasteiger partial charge in [0.15, 0.2) is 0 Å². The molecule has 0 fully saturated rings. The van der Waals surface area contributed by atoms with Crippen LogP contribution in [0, 0.1) is 0 Å². The molecule has 17 heteroatoms. The van der Waals surface area contributed by atoms with Crippen LogP contribution in [0.3, 0.4) is 0 Å². The number of H-pyrrole nitrogens is 2. The monoisotopic (exact) mass is 656 g/mol. The van der Waals surface area contributed by atoms with Gasteiger partial charge in [0.2, 0.25) is 5.91 Å². The highest BCUT2D eigenvalue weighted by Crippen LogP contribution is 2.40. The van der Waals surface area contributed by atoms with Crippen LogP contribution >= 0.6 is 0 Å². The van der Waals surface area contributed by atoms with E-state index in [2.05, 4.69) is 9.97 Å². The lowest BCUT2D eigenvalue weighted by Gasteiger charge is -2.41. The molecule has 0 bridgehead atoms. The van der Waals surface area contributed by atoms with Crippen molar-refractivity contribution in [1.82, 2.24) is 19.8 Å². The smallest absolute Gasteiger partial charge is 0.313 e. The number of carbonyl (C=O) groups is 2. The van der Waals surface area contributed by atoms with Crippen molar-refractivity contribution >= 4 is 41.6 Å². The van der Waals surface area contributed by atoms with Crippen LogP contribution in [0.25, 0.3) is 21.8 Å². The van der Waals surface area contributed by atoms with Crippen LogP contribution in [0.1, 0.15) is 24.0 Å². The van der Waals surface area contributed by atoms with Crippen molar-refractivity contribution in [3.8, 4) is 11.5 Å². The van der Waals surface area contributed by atoms with E-state index in [9.17, 15) is 45.3 Å². The van der Waals surface area contributed by atoms with Crippen LogP contribution in [0.2, 0.25) is 0 Å². The van der Waals surface area contributed by atoms with Crippen molar-refractivity contribution in [3.05, 3.63) is 59.9 Å². The Bertz CT molecular complexity index is 1620. The number of aliphatic hydroxyl groups is 7. The number of likely N-dealkylation sites (N-methyl/N-ethyl adjacent to an activating group) is 2. The van der Waals surface area contributed by atoms with Crippen LogP contribution in [0.15, 0.2) is 48.8 Å². The van der Waals surface area contributed by atoms with E-state index in [0.717, 1.165) is 16.0 Å². The number of esters is 2. The van der Waals surface area contributed by atoms with E-state index in [-0.39, 0.29) is 59.5 Å². The molecule has 9 N–H and O–H groups in total. The van der Waals surface area contributed by atoms with Gasteiger partial charge in [-0.25, -0.2) is 0 Å². The largest absolute Gasteiger partial charge is 0.426 e. The fourth-order valence-corrected chi connectivity index (χ4v) is 4.82. The third kappa shape index (κ3) is 6.77. The number of nitrogens with one attached hydrogen (secondary N) is 2. The Labute approximate surface area is 269 Å². The van der Waals surface area contributed by atoms with Crippen molar-refractivity contribution in [2.45, 2.75) is 36.0 Å². The topological polar surface area (TPSA) is 241 Å². The zero-order valence-electron chi connectivity index (χ0n) is 26.1. The number of nitrogens with zero attached hydrogens (tertiary/aromatic N) is 2. The molecule has 0 spiro atoms. The van der Waals surface area contributed by atoms with Crippen LogP contribution in [-0.4, -0.2) is 129 Å². The number of ether oxygens (including phenoxy) is 3. The lowest BCUT2D eigenvalue weighted by atomic mass is 9.72. The van der Waals surface area contributed by atoms with Crippen molar-refractivity contribution < 1.29 is 59.5 Å². The van der Waals surface area contributed by atoms with Gasteiger partial charge in [0, 0.05) is 39.9 Å². The SMILES string of the molecule is [B]C(O)(c1c[nH]c2cccc(OC(=O)CCOCCC(=O)Oc3cccc4[nH]cc(C(O)(O)C(O)(O)N(C)C)c34)c12)C(O)(O)N(C)C. The number of carbonyl (C=O) groups excluding carboxylic acids is 2. The molecule has 2 radical (unpaired) electrons. The summed E-state index contributed by atoms with van der Waals surface area (Å²) in [4.78, 5) is 32.5. The van der Waals surface area contributed by atoms with Gasteiger partial charge in [0.25, 0.3) is 11.7 Å². The molecule has 4 rings (SSSR count). The lowest BCUT2D eigenvalue weighted by Crippen LogP contribution is -2.60. The number of fused-ring (bicyclic) bond motifs is 2. The average Bonchev–Trinajstić information content (AvgIpc) is 3.63. The number of hydrogen-bond acceptors (Lipinski definition) is 14. The molecule has 0 aliphatic rings. The van der Waals surface area contributed by atoms with Gasteiger partial charge < -0.3 is 59.9 Å². The highest BCUT2D eigenvalue weighted by atomic mass is 16.6. The maximum absolute atomic E-state index is 12.6. The fourth-order valence-electron chi connectivity index (χ4n) is 4.82. The van der Waals surface area contributed by atoms with Gasteiger partial charge in [-0.15, -0.1) is 0 Å². The average molecular weight is 656 g/mol. The van der Waals surface area contributed by atoms with E-state index in [4.69, 9.17) is 22.1 Å². The van der Waals surface area contributed by atoms with Crippen molar-refractivity contribution in [2.24, 2.45) is 0 Å². The molecule has 2 heterocycles. The number of benzene rings is 2. The van der Waals surface area contributed by atoms with E-state index in [1.165, 1.54) is 52.6 Å². The molecule has 16 nitrogen and oxygen atoms in total. The normalized spacial score (nSPS) is 14.2. The van der Waals surface area contributed by atoms with Crippen LogP contribution in [-0.2, 0) is 25.6 Å². The Hall–Kier alpha value is -3.88. The summed E-state index contributed by atoms with van der Waals surface area (Å²) in [6, 6.07) is 9.11. The standard InChI is InChI=1S/C30H37BN4O12/c1-34(2)29(41,42)27(31,38)17-15-32-19-7-5-9-21(25(17)19)46-23(36)11-13-45-14-12-24(37)47-22-10-6-8-20-26(22)18(16-33-20)28(39,40)30(43,44)35(3)4/h5-10,15-16,32-33,38-44H,11-14H2,1-4H3. The quantitative estimate of drug-likeness (QED) is 0.0255. The van der Waals surface area contributed by atoms with E-state index in [1.807, 2.05) is 0 Å². The second kappa shape index (κ2) is 13.3. The van der Waals surface area contributed by atoms with Crippen LogP contribution in [0.4, 0.5) is 0 Å². The highest BCUT2D eigenvalue weighted by Gasteiger charge is 2.53. The molecule has 0 amide bonds. The van der Waals surface area contributed by atoms with E-state index in [1.54, 1.807) is 18.2 Å². The van der Waals surface area contributed by atoms with Gasteiger partial charge in [0.1, 0.15) is 24.8 Å². The molecule has 2 aromatic carbocycles. The number of aromatic nitrogens is 2. The van der Waals surface area contributed by atoms with E-state index < -0.39 is 35.0 Å². The summed E-state index contributed by atoms with van der Waals surface area (Å²) in [5, 5.41) is 73.9. The van der Waals surface area contributed by atoms with Gasteiger partial charge in [-0.3, -0.25) is 19.4 Å². The summed E-state index contributed by atoms with van der Waals surface area (Å²) in [5.74, 6) is -10.8. The molecule has 0 aliphatic carbocycles.